The van der Waals surface area contributed by atoms with E-state index in [4.69, 9.17) is 0 Å². The molecule has 58 heavy (non-hydrogen) atoms. The summed E-state index contributed by atoms with van der Waals surface area (Å²) < 4.78 is 0. The lowest BCUT2D eigenvalue weighted by atomic mass is 9.87. The molecule has 0 fully saturated rings. The molecule has 0 unspecified atom stereocenters. The predicted molar refractivity (Wildman–Crippen MR) is 250 cm³/mol. The van der Waals surface area contributed by atoms with Gasteiger partial charge in [-0.15, -0.1) is 0 Å². The van der Waals surface area contributed by atoms with Gasteiger partial charge in [-0.25, -0.2) is 0 Å². The molecule has 0 aromatic heterocycles. The van der Waals surface area contributed by atoms with E-state index in [2.05, 4.69) is 215 Å². The van der Waals surface area contributed by atoms with E-state index >= 15 is 0 Å². The molecule has 0 nitrogen and oxygen atoms in total. The fraction of sp³-hybridized carbons (Fsp3) is 0.103. The number of hydrogen-bond donors (Lipinski definition) is 0. The van der Waals surface area contributed by atoms with Crippen LogP contribution in [0.2, 0.25) is 0 Å². The monoisotopic (exact) mass is 744 g/mol. The van der Waals surface area contributed by atoms with Gasteiger partial charge in [0.05, 0.1) is 0 Å². The van der Waals surface area contributed by atoms with Crippen molar-refractivity contribution in [2.45, 2.75) is 40.0 Å². The fourth-order valence-corrected chi connectivity index (χ4v) is 8.81. The van der Waals surface area contributed by atoms with Crippen molar-refractivity contribution in [2.24, 2.45) is 0 Å². The van der Waals surface area contributed by atoms with E-state index in [-0.39, 0.29) is 0 Å². The van der Waals surface area contributed by atoms with Crippen molar-refractivity contribution in [3.05, 3.63) is 239 Å². The molecule has 9 rings (SSSR count). The van der Waals surface area contributed by atoms with Gasteiger partial charge in [0.1, 0.15) is 0 Å². The summed E-state index contributed by atoms with van der Waals surface area (Å²) in [6, 6.07) is 62.0. The van der Waals surface area contributed by atoms with E-state index in [0.717, 1.165) is 30.4 Å². The van der Waals surface area contributed by atoms with Crippen LogP contribution in [0, 0.1) is 6.92 Å². The van der Waals surface area contributed by atoms with E-state index in [9.17, 15) is 0 Å². The van der Waals surface area contributed by atoms with E-state index in [1.54, 1.807) is 5.57 Å². The molecule has 0 atom stereocenters. The standard InChI is InChI=1S/C58H48/c1-39-18-11-13-30-53(39)55(32-40(2)43-19-7-5-8-20-43)42(4)41(3)45-24-15-25-46(33-45)47-26-16-27-48(34-47)49-28-17-29-50(35-49)52-37-56(44-21-9-6-10-22-44)58-36-51-23-12-14-31-54(51)57(58)38-52/h5-11,13-22,24-35,37-38H,2,12,23,36H2,1,3-4H3/b42-41+,55-32+. The van der Waals surface area contributed by atoms with Crippen molar-refractivity contribution >= 4 is 22.3 Å². The van der Waals surface area contributed by atoms with Crippen molar-refractivity contribution in [1.29, 1.82) is 0 Å². The van der Waals surface area contributed by atoms with Crippen LogP contribution in [0.5, 0.6) is 0 Å². The highest BCUT2D eigenvalue weighted by Crippen LogP contribution is 2.45. The average molecular weight is 745 g/mol. The quantitative estimate of drug-likeness (QED) is 0.129. The summed E-state index contributed by atoms with van der Waals surface area (Å²) in [6.07, 6.45) is 10.3. The average Bonchev–Trinajstić information content (AvgIpc) is 3.67. The van der Waals surface area contributed by atoms with Gasteiger partial charge in [0.15, 0.2) is 0 Å². The first kappa shape index (κ1) is 36.9. The molecule has 0 saturated heterocycles. The highest BCUT2D eigenvalue weighted by atomic mass is 14.3. The Balaban J connectivity index is 1.06. The first-order chi connectivity index (χ1) is 28.4. The SMILES string of the molecule is C=C(/C=C(\C(C)=C(/C)c1cccc(-c2cccc(-c3cccc(-c4cc5c(c(-c6ccccc6)c4)CC4=C5C=CCC4)c3)c2)c1)c1ccccc1C)c1ccccc1. The fourth-order valence-electron chi connectivity index (χ4n) is 8.81. The lowest BCUT2D eigenvalue weighted by Gasteiger charge is -2.17. The van der Waals surface area contributed by atoms with Crippen LogP contribution in [0.15, 0.2) is 206 Å². The third kappa shape index (κ3) is 7.31. The molecular formula is C58H48. The second-order valence-corrected chi connectivity index (χ2v) is 15.8. The Kier molecular flexibility index (Phi) is 10.2. The van der Waals surface area contributed by atoms with Crippen LogP contribution in [0.4, 0.5) is 0 Å². The molecule has 0 heterocycles. The Labute approximate surface area is 344 Å². The number of hydrogen-bond acceptors (Lipinski definition) is 0. The van der Waals surface area contributed by atoms with Crippen molar-refractivity contribution < 1.29 is 0 Å². The maximum Gasteiger partial charge on any atom is -0.00454 e. The zero-order valence-corrected chi connectivity index (χ0v) is 33.7. The lowest BCUT2D eigenvalue weighted by molar-refractivity contribution is 0.935. The van der Waals surface area contributed by atoms with Gasteiger partial charge in [0, 0.05) is 0 Å². The van der Waals surface area contributed by atoms with Crippen molar-refractivity contribution in [2.75, 3.05) is 0 Å². The number of fused-ring (bicyclic) bond motifs is 2. The summed E-state index contributed by atoms with van der Waals surface area (Å²) in [5.74, 6) is 0. The third-order valence-electron chi connectivity index (χ3n) is 12.2. The molecule has 0 amide bonds. The maximum absolute atomic E-state index is 4.49. The van der Waals surface area contributed by atoms with Gasteiger partial charge in [-0.3, -0.25) is 0 Å². The second kappa shape index (κ2) is 16.0. The first-order valence-corrected chi connectivity index (χ1v) is 20.5. The third-order valence-corrected chi connectivity index (χ3v) is 12.2. The molecule has 0 saturated carbocycles. The summed E-state index contributed by atoms with van der Waals surface area (Å²) >= 11 is 0. The summed E-state index contributed by atoms with van der Waals surface area (Å²) in [4.78, 5) is 0. The van der Waals surface area contributed by atoms with Gasteiger partial charge in [-0.1, -0.05) is 164 Å². The zero-order chi connectivity index (χ0) is 39.6. The molecule has 7 aromatic carbocycles. The van der Waals surface area contributed by atoms with Crippen LogP contribution in [-0.4, -0.2) is 0 Å². The van der Waals surface area contributed by atoms with E-state index in [1.165, 1.54) is 94.6 Å². The predicted octanol–water partition coefficient (Wildman–Crippen LogP) is 15.9. The molecule has 2 aliphatic carbocycles. The Hall–Kier alpha value is -6.76. The zero-order valence-electron chi connectivity index (χ0n) is 33.7. The first-order valence-electron chi connectivity index (χ1n) is 20.5. The van der Waals surface area contributed by atoms with Crippen LogP contribution in [0.1, 0.15) is 60.1 Å². The van der Waals surface area contributed by atoms with Gasteiger partial charge in [-0.05, 0) is 182 Å². The lowest BCUT2D eigenvalue weighted by Crippen LogP contribution is -1.95. The minimum Gasteiger partial charge on any atom is -0.0911 e. The summed E-state index contributed by atoms with van der Waals surface area (Å²) in [5.41, 5.74) is 25.4. The summed E-state index contributed by atoms with van der Waals surface area (Å²) in [7, 11) is 0. The minimum absolute atomic E-state index is 1.00. The van der Waals surface area contributed by atoms with Gasteiger partial charge in [0.25, 0.3) is 0 Å². The molecule has 0 bridgehead atoms. The largest absolute Gasteiger partial charge is 0.0911 e. The Morgan fingerprint density at radius 1 is 0.534 bits per heavy atom. The highest BCUT2D eigenvalue weighted by Gasteiger charge is 2.25. The number of allylic oxidation sites excluding steroid dienone is 9. The van der Waals surface area contributed by atoms with Crippen LogP contribution >= 0.6 is 0 Å². The van der Waals surface area contributed by atoms with E-state index < -0.39 is 0 Å². The molecule has 0 heteroatoms. The normalized spacial score (nSPS) is 13.9. The van der Waals surface area contributed by atoms with Crippen LogP contribution < -0.4 is 0 Å². The molecule has 280 valence electrons. The van der Waals surface area contributed by atoms with Crippen molar-refractivity contribution in [1.82, 2.24) is 0 Å². The number of benzene rings is 7. The number of aryl methyl sites for hydroxylation is 1. The maximum atomic E-state index is 4.49. The molecular weight excluding hydrogens is 697 g/mol. The Morgan fingerprint density at radius 2 is 1.09 bits per heavy atom. The minimum atomic E-state index is 1.00. The molecule has 0 radical (unpaired) electrons. The summed E-state index contributed by atoms with van der Waals surface area (Å²) in [6.45, 7) is 11.2. The summed E-state index contributed by atoms with van der Waals surface area (Å²) in [5, 5.41) is 0. The van der Waals surface area contributed by atoms with Crippen molar-refractivity contribution in [3.8, 4) is 44.5 Å². The van der Waals surface area contributed by atoms with E-state index in [0.29, 0.717) is 0 Å². The molecule has 0 aliphatic heterocycles. The van der Waals surface area contributed by atoms with Crippen molar-refractivity contribution in [3.63, 3.8) is 0 Å². The smallest absolute Gasteiger partial charge is 0.00454 e. The molecule has 7 aromatic rings. The topological polar surface area (TPSA) is 0 Å². The Bertz CT molecular complexity index is 2820. The van der Waals surface area contributed by atoms with E-state index in [1.807, 2.05) is 0 Å². The van der Waals surface area contributed by atoms with Gasteiger partial charge >= 0.3 is 0 Å². The number of rotatable bonds is 9. The Morgan fingerprint density at radius 3 is 1.78 bits per heavy atom. The van der Waals surface area contributed by atoms with Gasteiger partial charge < -0.3 is 0 Å². The van der Waals surface area contributed by atoms with Crippen LogP contribution in [0.3, 0.4) is 0 Å². The van der Waals surface area contributed by atoms with Gasteiger partial charge in [-0.2, -0.15) is 0 Å². The van der Waals surface area contributed by atoms with Crippen LogP contribution in [-0.2, 0) is 6.42 Å². The second-order valence-electron chi connectivity index (χ2n) is 15.8. The van der Waals surface area contributed by atoms with Crippen LogP contribution in [0.25, 0.3) is 66.8 Å². The molecule has 0 spiro atoms. The molecule has 0 N–H and O–H groups in total. The molecule has 2 aliphatic rings. The highest BCUT2D eigenvalue weighted by molar-refractivity contribution is 5.96. The van der Waals surface area contributed by atoms with Gasteiger partial charge in [0.2, 0.25) is 0 Å².